The smallest absolute Gasteiger partial charge is 0.244 e. The second kappa shape index (κ2) is 14.7. The highest BCUT2D eigenvalue weighted by atomic mass is 32.2. The fourth-order valence-electron chi connectivity index (χ4n) is 4.50. The van der Waals surface area contributed by atoms with Crippen molar-refractivity contribution in [3.8, 4) is 5.75 Å². The quantitative estimate of drug-likeness (QED) is 0.298. The molecule has 8 nitrogen and oxygen atoms in total. The zero-order valence-electron chi connectivity index (χ0n) is 24.5. The second-order valence-corrected chi connectivity index (χ2v) is 12.0. The number of anilines is 1. The van der Waals surface area contributed by atoms with Gasteiger partial charge in [-0.1, -0.05) is 73.7 Å². The largest absolute Gasteiger partial charge is 0.492 e. The van der Waals surface area contributed by atoms with Gasteiger partial charge < -0.3 is 15.0 Å². The number of hydrogen-bond donors (Lipinski definition) is 1. The Bertz CT molecular complexity index is 1410. The van der Waals surface area contributed by atoms with Crippen molar-refractivity contribution in [3.63, 3.8) is 0 Å². The van der Waals surface area contributed by atoms with Crippen molar-refractivity contribution in [2.24, 2.45) is 0 Å². The number of aryl methyl sites for hydroxylation is 1. The Morgan fingerprint density at radius 1 is 0.927 bits per heavy atom. The molecule has 41 heavy (non-hydrogen) atoms. The zero-order chi connectivity index (χ0) is 30.0. The molecule has 220 valence electrons. The first-order chi connectivity index (χ1) is 19.5. The number of hydrogen-bond acceptors (Lipinski definition) is 5. The molecular formula is C32H41N3O5S. The number of amides is 2. The molecular weight excluding hydrogens is 538 g/mol. The molecule has 0 aliphatic heterocycles. The van der Waals surface area contributed by atoms with Crippen LogP contribution in [0.1, 0.15) is 43.9 Å². The van der Waals surface area contributed by atoms with Gasteiger partial charge in [0, 0.05) is 19.0 Å². The van der Waals surface area contributed by atoms with Crippen molar-refractivity contribution in [1.29, 1.82) is 0 Å². The molecule has 9 heteroatoms. The fraction of sp³-hybridized carbons (Fsp3) is 0.375. The molecule has 0 saturated heterocycles. The number of para-hydroxylation sites is 2. The van der Waals surface area contributed by atoms with Crippen molar-refractivity contribution in [3.05, 3.63) is 95.6 Å². The molecule has 0 heterocycles. The molecule has 2 unspecified atom stereocenters. The molecule has 2 amide bonds. The third kappa shape index (κ3) is 8.82. The van der Waals surface area contributed by atoms with E-state index in [2.05, 4.69) is 5.32 Å². The topological polar surface area (TPSA) is 96.0 Å². The Morgan fingerprint density at radius 2 is 1.56 bits per heavy atom. The number of carbonyl (C=O) groups excluding carboxylic acids is 2. The maximum Gasteiger partial charge on any atom is 0.244 e. The maximum absolute atomic E-state index is 14.2. The molecule has 3 aromatic carbocycles. The van der Waals surface area contributed by atoms with Gasteiger partial charge in [-0.05, 0) is 56.0 Å². The summed E-state index contributed by atoms with van der Waals surface area (Å²) in [5.74, 6) is -0.426. The lowest BCUT2D eigenvalue weighted by Crippen LogP contribution is -2.54. The van der Waals surface area contributed by atoms with Crippen LogP contribution in [0.4, 0.5) is 5.69 Å². The highest BCUT2D eigenvalue weighted by Crippen LogP contribution is 2.30. The Labute approximate surface area is 244 Å². The fourth-order valence-corrected chi connectivity index (χ4v) is 5.35. The van der Waals surface area contributed by atoms with Gasteiger partial charge in [-0.2, -0.15) is 0 Å². The number of benzene rings is 3. The van der Waals surface area contributed by atoms with E-state index in [0.29, 0.717) is 12.4 Å². The Morgan fingerprint density at radius 3 is 2.20 bits per heavy atom. The Hall–Kier alpha value is -3.85. The average Bonchev–Trinajstić information content (AvgIpc) is 2.95. The van der Waals surface area contributed by atoms with Gasteiger partial charge in [-0.25, -0.2) is 8.42 Å². The highest BCUT2D eigenvalue weighted by molar-refractivity contribution is 7.92. The minimum atomic E-state index is -3.89. The number of nitrogens with zero attached hydrogens (tertiary/aromatic N) is 2. The van der Waals surface area contributed by atoms with E-state index in [0.717, 1.165) is 33.7 Å². The third-order valence-corrected chi connectivity index (χ3v) is 8.11. The van der Waals surface area contributed by atoms with Crippen molar-refractivity contribution in [2.45, 2.75) is 59.2 Å². The van der Waals surface area contributed by atoms with Crippen LogP contribution < -0.4 is 14.4 Å². The van der Waals surface area contributed by atoms with Crippen LogP contribution in [0.15, 0.2) is 78.9 Å². The summed E-state index contributed by atoms with van der Waals surface area (Å²) in [4.78, 5) is 29.5. The van der Waals surface area contributed by atoms with Gasteiger partial charge in [-0.15, -0.1) is 0 Å². The van der Waals surface area contributed by atoms with Crippen molar-refractivity contribution in [2.75, 3.05) is 23.7 Å². The molecule has 0 fully saturated rings. The molecule has 1 N–H and O–H groups in total. The lowest BCUT2D eigenvalue weighted by Gasteiger charge is -2.34. The number of nitrogens with one attached hydrogen (secondary N) is 1. The predicted octanol–water partition coefficient (Wildman–Crippen LogP) is 4.71. The highest BCUT2D eigenvalue weighted by Gasteiger charge is 2.34. The van der Waals surface area contributed by atoms with Gasteiger partial charge in [0.15, 0.2) is 0 Å². The third-order valence-electron chi connectivity index (χ3n) is 6.99. The Balaban J connectivity index is 2.09. The predicted molar refractivity (Wildman–Crippen MR) is 163 cm³/mol. The lowest BCUT2D eigenvalue weighted by atomic mass is 10.0. The summed E-state index contributed by atoms with van der Waals surface area (Å²) in [5.41, 5.74) is 2.99. The standard InChI is InChI=1S/C32H41N3O5S/c1-6-25(4)33-32(37)29(21-26-16-9-8-10-17-26)34(22-27-18-12-11-15-24(27)3)31(36)23-35(41(5,38)39)28-19-13-14-20-30(28)40-7-2/h8-20,25,29H,6-7,21-23H2,1-5H3,(H,33,37). The van der Waals surface area contributed by atoms with E-state index >= 15 is 0 Å². The van der Waals surface area contributed by atoms with Crippen LogP contribution in [0.25, 0.3) is 0 Å². The first-order valence-electron chi connectivity index (χ1n) is 13.9. The summed E-state index contributed by atoms with van der Waals surface area (Å²) in [6.07, 6.45) is 2.06. The van der Waals surface area contributed by atoms with Crippen LogP contribution in [0.5, 0.6) is 5.75 Å². The Kier molecular flexibility index (Phi) is 11.3. The molecule has 0 saturated carbocycles. The van der Waals surface area contributed by atoms with Crippen LogP contribution in [0, 0.1) is 6.92 Å². The van der Waals surface area contributed by atoms with Crippen LogP contribution in [0.3, 0.4) is 0 Å². The second-order valence-electron chi connectivity index (χ2n) is 10.1. The molecule has 0 bridgehead atoms. The average molecular weight is 580 g/mol. The van der Waals surface area contributed by atoms with Gasteiger partial charge in [0.25, 0.3) is 0 Å². The molecule has 0 aliphatic carbocycles. The van der Waals surface area contributed by atoms with E-state index in [4.69, 9.17) is 4.74 Å². The SMILES string of the molecule is CCOc1ccccc1N(CC(=O)N(Cc1ccccc1C)C(Cc1ccccc1)C(=O)NC(C)CC)S(C)(=O)=O. The minimum absolute atomic E-state index is 0.0956. The van der Waals surface area contributed by atoms with Crippen LogP contribution in [-0.2, 0) is 32.6 Å². The zero-order valence-corrected chi connectivity index (χ0v) is 25.4. The molecule has 0 spiro atoms. The summed E-state index contributed by atoms with van der Waals surface area (Å²) in [7, 11) is -3.89. The molecule has 0 radical (unpaired) electrons. The summed E-state index contributed by atoms with van der Waals surface area (Å²) < 4.78 is 32.9. The van der Waals surface area contributed by atoms with E-state index in [9.17, 15) is 18.0 Å². The maximum atomic E-state index is 14.2. The molecule has 3 aromatic rings. The molecule has 2 atom stereocenters. The molecule has 3 rings (SSSR count). The van der Waals surface area contributed by atoms with Crippen molar-refractivity contribution in [1.82, 2.24) is 10.2 Å². The van der Waals surface area contributed by atoms with Gasteiger partial charge in [-0.3, -0.25) is 13.9 Å². The lowest BCUT2D eigenvalue weighted by molar-refractivity contribution is -0.140. The van der Waals surface area contributed by atoms with Crippen molar-refractivity contribution >= 4 is 27.5 Å². The van der Waals surface area contributed by atoms with E-state index < -0.39 is 28.5 Å². The van der Waals surface area contributed by atoms with Gasteiger partial charge in [0.05, 0.1) is 18.6 Å². The van der Waals surface area contributed by atoms with Crippen LogP contribution in [0.2, 0.25) is 0 Å². The number of carbonyl (C=O) groups is 2. The first kappa shape index (κ1) is 31.7. The number of sulfonamides is 1. The van der Waals surface area contributed by atoms with Gasteiger partial charge in [0.2, 0.25) is 21.8 Å². The van der Waals surface area contributed by atoms with E-state index in [1.54, 1.807) is 31.2 Å². The van der Waals surface area contributed by atoms with Crippen molar-refractivity contribution < 1.29 is 22.7 Å². The normalized spacial score (nSPS) is 12.7. The monoisotopic (exact) mass is 579 g/mol. The summed E-state index contributed by atoms with van der Waals surface area (Å²) in [5, 5.41) is 3.04. The summed E-state index contributed by atoms with van der Waals surface area (Å²) in [6, 6.07) is 22.9. The van der Waals surface area contributed by atoms with Crippen LogP contribution >= 0.6 is 0 Å². The molecule has 0 aliphatic rings. The first-order valence-corrected chi connectivity index (χ1v) is 15.8. The van der Waals surface area contributed by atoms with Gasteiger partial charge in [0.1, 0.15) is 18.3 Å². The number of ether oxygens (including phenoxy) is 1. The van der Waals surface area contributed by atoms with Gasteiger partial charge >= 0.3 is 0 Å². The van der Waals surface area contributed by atoms with E-state index in [1.165, 1.54) is 4.90 Å². The summed E-state index contributed by atoms with van der Waals surface area (Å²) in [6.45, 7) is 7.63. The molecule has 0 aromatic heterocycles. The minimum Gasteiger partial charge on any atom is -0.492 e. The number of rotatable bonds is 14. The van der Waals surface area contributed by atoms with Crippen LogP contribution in [-0.4, -0.2) is 56.6 Å². The summed E-state index contributed by atoms with van der Waals surface area (Å²) >= 11 is 0. The van der Waals surface area contributed by atoms with E-state index in [-0.39, 0.29) is 30.6 Å². The van der Waals surface area contributed by atoms with E-state index in [1.807, 2.05) is 75.4 Å².